The molecule has 0 aliphatic carbocycles. The van der Waals surface area contributed by atoms with Crippen LogP contribution < -0.4 is 0 Å². The Morgan fingerprint density at radius 3 is 2.22 bits per heavy atom. The molecule has 0 N–H and O–H groups in total. The lowest BCUT2D eigenvalue weighted by atomic mass is 10.1. The van der Waals surface area contributed by atoms with Crippen LogP contribution in [0.4, 0.5) is 0 Å². The number of fused-ring (bicyclic) bond motifs is 10. The van der Waals surface area contributed by atoms with Gasteiger partial charge in [0.25, 0.3) is 0 Å². The van der Waals surface area contributed by atoms with Crippen molar-refractivity contribution in [3.05, 3.63) is 140 Å². The minimum Gasteiger partial charge on any atom is -0.455 e. The lowest BCUT2D eigenvalue weighted by Crippen LogP contribution is -1.96. The predicted octanol–water partition coefficient (Wildman–Crippen LogP) is 11.2. The number of rotatable bonds is 3. The third-order valence-corrected chi connectivity index (χ3v) is 9.98. The van der Waals surface area contributed by atoms with Crippen molar-refractivity contribution in [1.82, 2.24) is 14.5 Å². The molecule has 0 amide bonds. The molecule has 5 heteroatoms. The van der Waals surface area contributed by atoms with Gasteiger partial charge in [0.1, 0.15) is 11.2 Å². The van der Waals surface area contributed by atoms with Gasteiger partial charge in [0.05, 0.1) is 32.3 Å². The highest BCUT2D eigenvalue weighted by molar-refractivity contribution is 7.26. The van der Waals surface area contributed by atoms with Gasteiger partial charge in [0.15, 0.2) is 5.82 Å². The third kappa shape index (κ3) is 3.59. The summed E-state index contributed by atoms with van der Waals surface area (Å²) in [6.07, 6.45) is 0. The summed E-state index contributed by atoms with van der Waals surface area (Å²) in [5.74, 6) is 0.733. The van der Waals surface area contributed by atoms with E-state index in [4.69, 9.17) is 14.4 Å². The average Bonchev–Trinajstić information content (AvgIpc) is 3.78. The van der Waals surface area contributed by atoms with E-state index in [-0.39, 0.29) is 0 Å². The smallest absolute Gasteiger partial charge is 0.160 e. The Morgan fingerprint density at radius 1 is 0.556 bits per heavy atom. The van der Waals surface area contributed by atoms with Crippen LogP contribution >= 0.6 is 11.3 Å². The molecule has 4 nitrogen and oxygen atoms in total. The fourth-order valence-corrected chi connectivity index (χ4v) is 7.96. The first kappa shape index (κ1) is 24.6. The Labute approximate surface area is 261 Å². The Bertz CT molecular complexity index is 2770. The zero-order valence-electron chi connectivity index (χ0n) is 23.9. The molecular weight excluding hydrogens is 571 g/mol. The van der Waals surface area contributed by atoms with E-state index in [1.54, 1.807) is 11.3 Å². The highest BCUT2D eigenvalue weighted by atomic mass is 32.1. The van der Waals surface area contributed by atoms with E-state index < -0.39 is 0 Å². The summed E-state index contributed by atoms with van der Waals surface area (Å²) in [4.78, 5) is 10.3. The molecule has 0 bridgehead atoms. The van der Waals surface area contributed by atoms with Crippen LogP contribution in [-0.4, -0.2) is 14.5 Å². The maximum absolute atomic E-state index is 6.52. The van der Waals surface area contributed by atoms with E-state index in [2.05, 4.69) is 114 Å². The van der Waals surface area contributed by atoms with Gasteiger partial charge in [0, 0.05) is 43.1 Å². The molecule has 0 unspecified atom stereocenters. The molecule has 0 fully saturated rings. The van der Waals surface area contributed by atoms with Crippen LogP contribution in [0.5, 0.6) is 0 Å². The third-order valence-electron chi connectivity index (χ3n) is 8.81. The van der Waals surface area contributed by atoms with Crippen LogP contribution in [0.25, 0.3) is 92.4 Å². The van der Waals surface area contributed by atoms with Gasteiger partial charge in [-0.1, -0.05) is 97.1 Å². The maximum atomic E-state index is 6.52. The highest BCUT2D eigenvalue weighted by Gasteiger charge is 2.20. The van der Waals surface area contributed by atoms with Gasteiger partial charge in [-0.15, -0.1) is 11.3 Å². The fourth-order valence-electron chi connectivity index (χ4n) is 6.81. The molecule has 4 heterocycles. The van der Waals surface area contributed by atoms with Gasteiger partial charge in [-0.2, -0.15) is 0 Å². The Hall–Kier alpha value is -5.78. The second-order valence-corrected chi connectivity index (χ2v) is 12.4. The van der Waals surface area contributed by atoms with Gasteiger partial charge in [-0.3, -0.25) is 0 Å². The largest absolute Gasteiger partial charge is 0.455 e. The molecule has 45 heavy (non-hydrogen) atoms. The van der Waals surface area contributed by atoms with Crippen molar-refractivity contribution in [3.63, 3.8) is 0 Å². The van der Waals surface area contributed by atoms with Gasteiger partial charge < -0.3 is 8.98 Å². The van der Waals surface area contributed by atoms with Crippen molar-refractivity contribution in [1.29, 1.82) is 0 Å². The first-order valence-corrected chi connectivity index (χ1v) is 15.8. The second-order valence-electron chi connectivity index (χ2n) is 11.4. The number of furan rings is 1. The molecule has 0 spiro atoms. The number of thiophene rings is 1. The first-order valence-electron chi connectivity index (χ1n) is 15.0. The summed E-state index contributed by atoms with van der Waals surface area (Å²) in [5.41, 5.74) is 9.15. The lowest BCUT2D eigenvalue weighted by Gasteiger charge is -2.11. The molecule has 210 valence electrons. The van der Waals surface area contributed by atoms with E-state index in [1.165, 1.54) is 10.1 Å². The van der Waals surface area contributed by atoms with Crippen LogP contribution in [0.2, 0.25) is 0 Å². The molecule has 0 aliphatic heterocycles. The van der Waals surface area contributed by atoms with Crippen molar-refractivity contribution in [2.75, 3.05) is 0 Å². The van der Waals surface area contributed by atoms with Gasteiger partial charge >= 0.3 is 0 Å². The lowest BCUT2D eigenvalue weighted by molar-refractivity contribution is 0.673. The molecule has 6 aromatic carbocycles. The standard InChI is InChI=1S/C40H23N3OS/c1-2-11-24(12-3-1)40-41-36(39-37(42-40)30-17-6-9-20-34(30)45-39)25-13-10-14-26(23-25)43-31-18-7-4-16-29(31)35-32(43)22-21-28-27-15-5-8-19-33(27)44-38(28)35/h1-23H. The molecule has 4 aromatic heterocycles. The monoisotopic (exact) mass is 593 g/mol. The number of para-hydroxylation sites is 2. The Kier molecular flexibility index (Phi) is 5.12. The topological polar surface area (TPSA) is 43.9 Å². The molecule has 0 aliphatic rings. The number of hydrogen-bond acceptors (Lipinski definition) is 4. The van der Waals surface area contributed by atoms with E-state index >= 15 is 0 Å². The van der Waals surface area contributed by atoms with Crippen molar-refractivity contribution in [3.8, 4) is 28.3 Å². The molecule has 0 atom stereocenters. The van der Waals surface area contributed by atoms with E-state index in [0.29, 0.717) is 0 Å². The zero-order chi connectivity index (χ0) is 29.5. The summed E-state index contributed by atoms with van der Waals surface area (Å²) < 4.78 is 11.2. The number of nitrogens with zero attached hydrogens (tertiary/aromatic N) is 3. The van der Waals surface area contributed by atoms with Gasteiger partial charge in [0.2, 0.25) is 0 Å². The Morgan fingerprint density at radius 2 is 1.31 bits per heavy atom. The van der Waals surface area contributed by atoms with E-state index in [9.17, 15) is 0 Å². The van der Waals surface area contributed by atoms with Crippen LogP contribution in [0.3, 0.4) is 0 Å². The van der Waals surface area contributed by atoms with Crippen molar-refractivity contribution >= 4 is 75.4 Å². The van der Waals surface area contributed by atoms with Gasteiger partial charge in [-0.25, -0.2) is 9.97 Å². The SMILES string of the molecule is c1ccc(-c2nc(-c3cccc(-n4c5ccccc5c5c6oc7ccccc7c6ccc54)c3)c3sc4ccccc4c3n2)cc1. The van der Waals surface area contributed by atoms with E-state index in [1.807, 2.05) is 30.3 Å². The first-order chi connectivity index (χ1) is 22.3. The van der Waals surface area contributed by atoms with Crippen LogP contribution in [0, 0.1) is 0 Å². The molecular formula is C40H23N3OS. The van der Waals surface area contributed by atoms with Crippen LogP contribution in [0.15, 0.2) is 144 Å². The zero-order valence-corrected chi connectivity index (χ0v) is 24.8. The molecule has 0 saturated heterocycles. The summed E-state index contributed by atoms with van der Waals surface area (Å²) in [6.45, 7) is 0. The summed E-state index contributed by atoms with van der Waals surface area (Å²) in [7, 11) is 0. The quantitative estimate of drug-likeness (QED) is 0.205. The number of hydrogen-bond donors (Lipinski definition) is 0. The maximum Gasteiger partial charge on any atom is 0.160 e. The van der Waals surface area contributed by atoms with Crippen molar-refractivity contribution < 1.29 is 4.42 Å². The van der Waals surface area contributed by atoms with Crippen LogP contribution in [0.1, 0.15) is 0 Å². The summed E-state index contributed by atoms with van der Waals surface area (Å²) >= 11 is 1.75. The number of aromatic nitrogens is 3. The minimum atomic E-state index is 0.733. The van der Waals surface area contributed by atoms with Gasteiger partial charge in [-0.05, 0) is 42.5 Å². The Balaban J connectivity index is 1.25. The average molecular weight is 594 g/mol. The highest BCUT2D eigenvalue weighted by Crippen LogP contribution is 2.42. The molecule has 0 radical (unpaired) electrons. The van der Waals surface area contributed by atoms with Crippen molar-refractivity contribution in [2.45, 2.75) is 0 Å². The summed E-state index contributed by atoms with van der Waals surface area (Å²) in [6, 6.07) is 48.8. The minimum absolute atomic E-state index is 0.733. The summed E-state index contributed by atoms with van der Waals surface area (Å²) in [5, 5.41) is 5.73. The van der Waals surface area contributed by atoms with E-state index in [0.717, 1.165) is 82.3 Å². The fraction of sp³-hybridized carbons (Fsp3) is 0. The molecule has 0 saturated carbocycles. The number of benzene rings is 6. The predicted molar refractivity (Wildman–Crippen MR) is 187 cm³/mol. The van der Waals surface area contributed by atoms with Crippen LogP contribution in [-0.2, 0) is 0 Å². The normalized spacial score (nSPS) is 12.0. The molecule has 10 aromatic rings. The van der Waals surface area contributed by atoms with Crippen molar-refractivity contribution in [2.24, 2.45) is 0 Å². The second kappa shape index (κ2) is 9.36. The molecule has 10 rings (SSSR count).